The predicted octanol–water partition coefficient (Wildman–Crippen LogP) is 3.77. The number of pyridine rings is 1. The molecule has 2 aromatic carbocycles. The van der Waals surface area contributed by atoms with Gasteiger partial charge in [-0.15, -0.1) is 0 Å². The molecule has 2 aliphatic heterocycles. The smallest absolute Gasteiger partial charge is 0.255 e. The standard InChI is InChI=1S/C22H18BrN3O2/c23-14-7-5-13(6-8-14)19-11-17(16-3-1-2-4-18(16)25-19)22(28)26-15-9-10-20(26)21(27)24-12-15/h1-8,11,15,20H,9-10,12H2,(H,24,27). The first-order chi connectivity index (χ1) is 13.6. The number of halogens is 1. The van der Waals surface area contributed by atoms with Crippen molar-refractivity contribution in [2.24, 2.45) is 0 Å². The molecule has 0 aliphatic carbocycles. The van der Waals surface area contributed by atoms with Gasteiger partial charge in [0.2, 0.25) is 5.91 Å². The Bertz CT molecular complexity index is 1100. The van der Waals surface area contributed by atoms with Gasteiger partial charge in [-0.3, -0.25) is 9.59 Å². The van der Waals surface area contributed by atoms with Crippen LogP contribution in [0.15, 0.2) is 59.1 Å². The second kappa shape index (κ2) is 6.71. The van der Waals surface area contributed by atoms with Crippen LogP contribution in [-0.2, 0) is 4.79 Å². The van der Waals surface area contributed by atoms with E-state index in [9.17, 15) is 9.59 Å². The Hall–Kier alpha value is -2.73. The van der Waals surface area contributed by atoms with E-state index < -0.39 is 0 Å². The Morgan fingerprint density at radius 1 is 1.11 bits per heavy atom. The van der Waals surface area contributed by atoms with Gasteiger partial charge < -0.3 is 10.2 Å². The number of amides is 2. The fourth-order valence-corrected chi connectivity index (χ4v) is 4.51. The average molecular weight is 436 g/mol. The van der Waals surface area contributed by atoms with Crippen LogP contribution in [0.3, 0.4) is 0 Å². The third-order valence-electron chi connectivity index (χ3n) is 5.64. The van der Waals surface area contributed by atoms with Crippen molar-refractivity contribution in [3.05, 3.63) is 64.6 Å². The third kappa shape index (κ3) is 2.79. The summed E-state index contributed by atoms with van der Waals surface area (Å²) in [6, 6.07) is 17.1. The van der Waals surface area contributed by atoms with Crippen molar-refractivity contribution in [1.29, 1.82) is 0 Å². The van der Waals surface area contributed by atoms with Crippen molar-refractivity contribution in [2.45, 2.75) is 24.9 Å². The van der Waals surface area contributed by atoms with E-state index in [1.165, 1.54) is 0 Å². The van der Waals surface area contributed by atoms with Crippen LogP contribution in [0.5, 0.6) is 0 Å². The summed E-state index contributed by atoms with van der Waals surface area (Å²) in [5.41, 5.74) is 3.08. The normalized spacial score (nSPS) is 21.0. The second-order valence-electron chi connectivity index (χ2n) is 7.28. The quantitative estimate of drug-likeness (QED) is 0.666. The maximum absolute atomic E-state index is 13.6. The summed E-state index contributed by atoms with van der Waals surface area (Å²) in [4.78, 5) is 32.4. The van der Waals surface area contributed by atoms with Gasteiger partial charge in [-0.1, -0.05) is 46.3 Å². The van der Waals surface area contributed by atoms with E-state index in [-0.39, 0.29) is 23.9 Å². The van der Waals surface area contributed by atoms with E-state index >= 15 is 0 Å². The Balaban J connectivity index is 1.65. The Morgan fingerprint density at radius 2 is 1.89 bits per heavy atom. The first kappa shape index (κ1) is 17.4. The van der Waals surface area contributed by atoms with E-state index in [4.69, 9.17) is 4.98 Å². The van der Waals surface area contributed by atoms with Crippen LogP contribution < -0.4 is 5.32 Å². The maximum atomic E-state index is 13.6. The van der Waals surface area contributed by atoms with Gasteiger partial charge in [0.25, 0.3) is 5.91 Å². The molecule has 1 N–H and O–H groups in total. The number of fused-ring (bicyclic) bond motifs is 3. The fourth-order valence-electron chi connectivity index (χ4n) is 4.24. The van der Waals surface area contributed by atoms with Crippen molar-refractivity contribution in [2.75, 3.05) is 6.54 Å². The number of nitrogens with one attached hydrogen (secondary N) is 1. The van der Waals surface area contributed by atoms with Gasteiger partial charge in [-0.2, -0.15) is 0 Å². The van der Waals surface area contributed by atoms with Crippen molar-refractivity contribution in [1.82, 2.24) is 15.2 Å². The number of hydrogen-bond acceptors (Lipinski definition) is 3. The van der Waals surface area contributed by atoms with Crippen LogP contribution in [0.25, 0.3) is 22.2 Å². The molecular weight excluding hydrogens is 418 g/mol. The number of aromatic nitrogens is 1. The van der Waals surface area contributed by atoms with Crippen molar-refractivity contribution in [3.63, 3.8) is 0 Å². The van der Waals surface area contributed by atoms with E-state index in [1.54, 1.807) is 4.90 Å². The molecule has 140 valence electrons. The number of benzene rings is 2. The minimum atomic E-state index is -0.366. The first-order valence-electron chi connectivity index (χ1n) is 9.38. The molecule has 2 atom stereocenters. The molecule has 28 heavy (non-hydrogen) atoms. The lowest BCUT2D eigenvalue weighted by Crippen LogP contribution is -2.57. The lowest BCUT2D eigenvalue weighted by Gasteiger charge is -2.34. The summed E-state index contributed by atoms with van der Waals surface area (Å²) < 4.78 is 0.990. The predicted molar refractivity (Wildman–Crippen MR) is 111 cm³/mol. The zero-order chi connectivity index (χ0) is 19.3. The minimum Gasteiger partial charge on any atom is -0.352 e. The Labute approximate surface area is 170 Å². The zero-order valence-corrected chi connectivity index (χ0v) is 16.6. The van der Waals surface area contributed by atoms with Crippen molar-refractivity contribution < 1.29 is 9.59 Å². The molecule has 0 spiro atoms. The third-order valence-corrected chi connectivity index (χ3v) is 6.17. The monoisotopic (exact) mass is 435 g/mol. The molecule has 2 unspecified atom stereocenters. The van der Waals surface area contributed by atoms with Crippen LogP contribution in [0.2, 0.25) is 0 Å². The highest BCUT2D eigenvalue weighted by molar-refractivity contribution is 9.10. The van der Waals surface area contributed by atoms with Crippen molar-refractivity contribution in [3.8, 4) is 11.3 Å². The molecule has 2 bridgehead atoms. The van der Waals surface area contributed by atoms with Gasteiger partial charge in [-0.05, 0) is 37.1 Å². The minimum absolute atomic E-state index is 0.0476. The van der Waals surface area contributed by atoms with Gasteiger partial charge in [-0.25, -0.2) is 4.98 Å². The molecule has 1 aromatic heterocycles. The summed E-state index contributed by atoms with van der Waals surface area (Å²) in [7, 11) is 0. The molecule has 0 radical (unpaired) electrons. The highest BCUT2D eigenvalue weighted by Crippen LogP contribution is 2.32. The highest BCUT2D eigenvalue weighted by atomic mass is 79.9. The van der Waals surface area contributed by atoms with Gasteiger partial charge in [0, 0.05) is 22.0 Å². The fraction of sp³-hybridized carbons (Fsp3) is 0.227. The van der Waals surface area contributed by atoms with Crippen LogP contribution >= 0.6 is 15.9 Å². The topological polar surface area (TPSA) is 62.3 Å². The van der Waals surface area contributed by atoms with Crippen LogP contribution in [0, 0.1) is 0 Å². The molecule has 0 saturated carbocycles. The van der Waals surface area contributed by atoms with E-state index in [1.807, 2.05) is 54.6 Å². The summed E-state index contributed by atoms with van der Waals surface area (Å²) in [5, 5.41) is 3.73. The summed E-state index contributed by atoms with van der Waals surface area (Å²) in [6.45, 7) is 0.531. The molecule has 5 rings (SSSR count). The second-order valence-corrected chi connectivity index (χ2v) is 8.20. The molecule has 2 saturated heterocycles. The lowest BCUT2D eigenvalue weighted by molar-refractivity contribution is -0.127. The van der Waals surface area contributed by atoms with Crippen LogP contribution in [0.4, 0.5) is 0 Å². The number of carbonyl (C=O) groups is 2. The number of para-hydroxylation sites is 1. The summed E-state index contributed by atoms with van der Waals surface area (Å²) in [6.07, 6.45) is 1.59. The highest BCUT2D eigenvalue weighted by Gasteiger charge is 2.44. The number of nitrogens with zero attached hydrogens (tertiary/aromatic N) is 2. The van der Waals surface area contributed by atoms with Gasteiger partial charge in [0.1, 0.15) is 6.04 Å². The molecule has 2 aliphatic rings. The molecule has 5 nitrogen and oxygen atoms in total. The Kier molecular flexibility index (Phi) is 4.16. The van der Waals surface area contributed by atoms with Crippen LogP contribution in [0.1, 0.15) is 23.2 Å². The molecule has 3 aromatic rings. The first-order valence-corrected chi connectivity index (χ1v) is 10.2. The number of rotatable bonds is 2. The molecule has 3 heterocycles. The van der Waals surface area contributed by atoms with Crippen LogP contribution in [-0.4, -0.2) is 40.3 Å². The largest absolute Gasteiger partial charge is 0.352 e. The van der Waals surface area contributed by atoms with E-state index in [2.05, 4.69) is 21.2 Å². The Morgan fingerprint density at radius 3 is 2.71 bits per heavy atom. The number of hydrogen-bond donors (Lipinski definition) is 1. The lowest BCUT2D eigenvalue weighted by atomic mass is 10.0. The average Bonchev–Trinajstić information content (AvgIpc) is 3.06. The SMILES string of the molecule is O=C1NCC2CCC1N2C(=O)c1cc(-c2ccc(Br)cc2)nc2ccccc12. The maximum Gasteiger partial charge on any atom is 0.255 e. The molecular formula is C22H18BrN3O2. The molecule has 6 heteroatoms. The van der Waals surface area contributed by atoms with Gasteiger partial charge in [0.15, 0.2) is 0 Å². The van der Waals surface area contributed by atoms with Gasteiger partial charge >= 0.3 is 0 Å². The summed E-state index contributed by atoms with van der Waals surface area (Å²) >= 11 is 3.45. The van der Waals surface area contributed by atoms with Crippen molar-refractivity contribution >= 4 is 38.6 Å². The van der Waals surface area contributed by atoms with E-state index in [0.717, 1.165) is 39.5 Å². The number of carbonyl (C=O) groups excluding carboxylic acids is 2. The zero-order valence-electron chi connectivity index (χ0n) is 15.1. The molecule has 2 amide bonds. The van der Waals surface area contributed by atoms with Gasteiger partial charge in [0.05, 0.1) is 22.8 Å². The molecule has 2 fully saturated rings. The number of piperazine rings is 1. The summed E-state index contributed by atoms with van der Waals surface area (Å²) in [5.74, 6) is -0.132. The van der Waals surface area contributed by atoms with E-state index in [0.29, 0.717) is 12.1 Å².